The molecule has 12 nitrogen and oxygen atoms in total. The molecule has 212 valence electrons. The van der Waals surface area contributed by atoms with Gasteiger partial charge in [0.05, 0.1) is 16.7 Å². The number of nitro groups is 1. The van der Waals surface area contributed by atoms with Gasteiger partial charge in [0.15, 0.2) is 5.69 Å². The van der Waals surface area contributed by atoms with Gasteiger partial charge >= 0.3 is 0 Å². The summed E-state index contributed by atoms with van der Waals surface area (Å²) in [6.07, 6.45) is 3.11. The minimum absolute atomic E-state index is 0.0621. The van der Waals surface area contributed by atoms with Crippen molar-refractivity contribution in [1.82, 2.24) is 19.8 Å². The molecule has 1 aromatic heterocycles. The lowest BCUT2D eigenvalue weighted by atomic mass is 10.1. The van der Waals surface area contributed by atoms with Crippen LogP contribution in [0.1, 0.15) is 52.9 Å². The predicted molar refractivity (Wildman–Crippen MR) is 146 cm³/mol. The average molecular weight is 570 g/mol. The molecule has 2 fully saturated rings. The number of nitro benzene ring substituents is 1. The Morgan fingerprint density at radius 1 is 1.18 bits per heavy atom. The molecular formula is C27H31N5O7S. The number of nitrogens with zero attached hydrogens (tertiary/aromatic N) is 3. The molecule has 1 aliphatic heterocycles. The first-order valence-corrected chi connectivity index (χ1v) is 14.6. The highest BCUT2D eigenvalue weighted by atomic mass is 32.2. The highest BCUT2D eigenvalue weighted by molar-refractivity contribution is 7.89. The summed E-state index contributed by atoms with van der Waals surface area (Å²) < 4.78 is 42.3. The van der Waals surface area contributed by atoms with E-state index in [0.29, 0.717) is 37.2 Å². The van der Waals surface area contributed by atoms with Crippen LogP contribution < -0.4 is 14.8 Å². The summed E-state index contributed by atoms with van der Waals surface area (Å²) in [5.41, 5.74) is 2.52. The van der Waals surface area contributed by atoms with Gasteiger partial charge in [0.25, 0.3) is 11.6 Å². The largest absolute Gasteiger partial charge is 0.437 e. The van der Waals surface area contributed by atoms with E-state index in [1.807, 2.05) is 32.0 Å². The molecular weight excluding hydrogens is 538 g/mol. The topological polar surface area (TPSA) is 155 Å². The second-order valence-electron chi connectivity index (χ2n) is 10.2. The Kier molecular flexibility index (Phi) is 7.62. The van der Waals surface area contributed by atoms with E-state index < -0.39 is 26.5 Å². The fourth-order valence-electron chi connectivity index (χ4n) is 4.52. The maximum Gasteiger partial charge on any atom is 0.272 e. The lowest BCUT2D eigenvalue weighted by molar-refractivity contribution is -0.385. The van der Waals surface area contributed by atoms with E-state index in [2.05, 4.69) is 15.1 Å². The van der Waals surface area contributed by atoms with Crippen LogP contribution in [0.2, 0.25) is 0 Å². The normalized spacial score (nSPS) is 17.1. The van der Waals surface area contributed by atoms with E-state index in [1.165, 1.54) is 16.8 Å². The van der Waals surface area contributed by atoms with Crippen molar-refractivity contribution in [3.8, 4) is 17.3 Å². The number of sulfonamides is 1. The zero-order valence-corrected chi connectivity index (χ0v) is 23.3. The Labute approximate surface area is 231 Å². The lowest BCUT2D eigenvalue weighted by Crippen LogP contribution is -2.32. The molecule has 2 N–H and O–H groups in total. The number of hydrogen-bond donors (Lipinski definition) is 2. The van der Waals surface area contributed by atoms with Crippen molar-refractivity contribution >= 4 is 21.6 Å². The summed E-state index contributed by atoms with van der Waals surface area (Å²) >= 11 is 0. The monoisotopic (exact) mass is 569 g/mol. The first kappa shape index (κ1) is 27.7. The third-order valence-electron chi connectivity index (χ3n) is 6.92. The second kappa shape index (κ2) is 11.0. The molecule has 0 bridgehead atoms. The van der Waals surface area contributed by atoms with Crippen molar-refractivity contribution < 1.29 is 27.6 Å². The van der Waals surface area contributed by atoms with Crippen molar-refractivity contribution in [2.75, 3.05) is 13.2 Å². The fraction of sp³-hybridized carbons (Fsp3) is 0.407. The minimum Gasteiger partial charge on any atom is -0.437 e. The number of rotatable bonds is 10. The first-order chi connectivity index (χ1) is 19.0. The zero-order chi connectivity index (χ0) is 28.6. The van der Waals surface area contributed by atoms with Gasteiger partial charge < -0.3 is 14.8 Å². The second-order valence-corrected chi connectivity index (χ2v) is 11.9. The SMILES string of the molecule is Cc1ccc(C)c(-n2nc(C(=O)NCC3CCCO3)c(C)c2Oc2ccc([N+](=O)[O-])cc2S(=O)(=O)NC2CC2)c1. The molecule has 1 aliphatic carbocycles. The summed E-state index contributed by atoms with van der Waals surface area (Å²) in [5, 5.41) is 18.9. The van der Waals surface area contributed by atoms with Gasteiger partial charge in [0, 0.05) is 36.9 Å². The van der Waals surface area contributed by atoms with Gasteiger partial charge in [-0.15, -0.1) is 0 Å². The maximum atomic E-state index is 13.2. The number of carbonyl (C=O) groups is 1. The van der Waals surface area contributed by atoms with Crippen molar-refractivity contribution in [1.29, 1.82) is 0 Å². The maximum absolute atomic E-state index is 13.2. The van der Waals surface area contributed by atoms with Crippen LogP contribution in [-0.4, -0.2) is 54.3 Å². The predicted octanol–water partition coefficient (Wildman–Crippen LogP) is 3.85. The number of aromatic nitrogens is 2. The summed E-state index contributed by atoms with van der Waals surface area (Å²) in [5.74, 6) is -0.429. The quantitative estimate of drug-likeness (QED) is 0.276. The molecule has 1 saturated heterocycles. The smallest absolute Gasteiger partial charge is 0.272 e. The Balaban J connectivity index is 1.58. The molecule has 2 aromatic carbocycles. The van der Waals surface area contributed by atoms with Crippen LogP contribution >= 0.6 is 0 Å². The standard InChI is InChI=1S/C27H31N5O7S/c1-16-6-7-17(2)22(13-16)31-27(18(3)25(29-31)26(33)28-15-21-5-4-12-38-21)39-23-11-10-20(32(34)35)14-24(23)40(36,37)30-19-8-9-19/h6-7,10-11,13-14,19,21,30H,4-5,8-9,12,15H2,1-3H3,(H,28,33). The van der Waals surface area contributed by atoms with E-state index in [0.717, 1.165) is 30.0 Å². The minimum atomic E-state index is -4.14. The molecule has 2 heterocycles. The van der Waals surface area contributed by atoms with Crippen molar-refractivity contribution in [2.24, 2.45) is 0 Å². The van der Waals surface area contributed by atoms with Gasteiger partial charge in [0.2, 0.25) is 15.9 Å². The summed E-state index contributed by atoms with van der Waals surface area (Å²) in [4.78, 5) is 23.6. The summed E-state index contributed by atoms with van der Waals surface area (Å²) in [7, 11) is -4.14. The van der Waals surface area contributed by atoms with Crippen LogP contribution in [0.25, 0.3) is 5.69 Å². The van der Waals surface area contributed by atoms with E-state index >= 15 is 0 Å². The van der Waals surface area contributed by atoms with Crippen LogP contribution in [0, 0.1) is 30.9 Å². The number of benzene rings is 2. The molecule has 40 heavy (non-hydrogen) atoms. The number of aryl methyl sites for hydroxylation is 2. The molecule has 13 heteroatoms. The summed E-state index contributed by atoms with van der Waals surface area (Å²) in [6.45, 7) is 6.46. The van der Waals surface area contributed by atoms with Crippen molar-refractivity contribution in [2.45, 2.75) is 63.5 Å². The number of hydrogen-bond acceptors (Lipinski definition) is 8. The van der Waals surface area contributed by atoms with Crippen LogP contribution in [0.4, 0.5) is 5.69 Å². The molecule has 1 amide bonds. The highest BCUT2D eigenvalue weighted by Crippen LogP contribution is 2.37. The number of nitrogens with one attached hydrogen (secondary N) is 2. The van der Waals surface area contributed by atoms with Crippen molar-refractivity contribution in [3.05, 3.63) is 68.9 Å². The molecule has 0 radical (unpaired) electrons. The third-order valence-corrected chi connectivity index (χ3v) is 8.47. The Bertz CT molecular complexity index is 1570. The molecule has 2 aliphatic rings. The van der Waals surface area contributed by atoms with Gasteiger partial charge in [-0.25, -0.2) is 13.1 Å². The number of ether oxygens (including phenoxy) is 2. The molecule has 1 atom stereocenters. The Morgan fingerprint density at radius 2 is 1.95 bits per heavy atom. The van der Waals surface area contributed by atoms with E-state index in [4.69, 9.17) is 9.47 Å². The zero-order valence-electron chi connectivity index (χ0n) is 22.5. The van der Waals surface area contributed by atoms with Gasteiger partial charge in [-0.05, 0) is 69.7 Å². The van der Waals surface area contributed by atoms with E-state index in [1.54, 1.807) is 6.92 Å². The first-order valence-electron chi connectivity index (χ1n) is 13.1. The number of non-ortho nitro benzene ring substituents is 1. The third kappa shape index (κ3) is 5.86. The molecule has 1 saturated carbocycles. The van der Waals surface area contributed by atoms with E-state index in [9.17, 15) is 23.3 Å². The number of amides is 1. The molecule has 5 rings (SSSR count). The van der Waals surface area contributed by atoms with Gasteiger partial charge in [-0.3, -0.25) is 14.9 Å². The molecule has 3 aromatic rings. The highest BCUT2D eigenvalue weighted by Gasteiger charge is 2.32. The average Bonchev–Trinajstić information content (AvgIpc) is 3.43. The Hall–Kier alpha value is -3.81. The fourth-order valence-corrected chi connectivity index (χ4v) is 5.97. The summed E-state index contributed by atoms with van der Waals surface area (Å²) in [6, 6.07) is 8.90. The van der Waals surface area contributed by atoms with Crippen LogP contribution in [0.15, 0.2) is 41.3 Å². The van der Waals surface area contributed by atoms with Gasteiger partial charge in [-0.1, -0.05) is 12.1 Å². The molecule has 1 unspecified atom stereocenters. The van der Waals surface area contributed by atoms with Crippen LogP contribution in [0.3, 0.4) is 0 Å². The van der Waals surface area contributed by atoms with Crippen LogP contribution in [-0.2, 0) is 14.8 Å². The Morgan fingerprint density at radius 3 is 2.62 bits per heavy atom. The number of carbonyl (C=O) groups excluding carboxylic acids is 1. The van der Waals surface area contributed by atoms with E-state index in [-0.39, 0.29) is 34.4 Å². The van der Waals surface area contributed by atoms with Crippen molar-refractivity contribution in [3.63, 3.8) is 0 Å². The van der Waals surface area contributed by atoms with Gasteiger partial charge in [-0.2, -0.15) is 9.78 Å². The molecule has 0 spiro atoms. The lowest BCUT2D eigenvalue weighted by Gasteiger charge is -2.15. The van der Waals surface area contributed by atoms with Crippen LogP contribution in [0.5, 0.6) is 11.6 Å². The van der Waals surface area contributed by atoms with Gasteiger partial charge in [0.1, 0.15) is 10.6 Å².